The number of nitrogens with zero attached hydrogens (tertiary/aromatic N) is 2. The van der Waals surface area contributed by atoms with Crippen LogP contribution in [0, 0.1) is 18.3 Å². The lowest BCUT2D eigenvalue weighted by Crippen LogP contribution is -2.33. The maximum Gasteiger partial charge on any atom is 0.150 e. The molecule has 1 atom stereocenters. The van der Waals surface area contributed by atoms with E-state index in [0.29, 0.717) is 6.04 Å². The monoisotopic (exact) mass is 255 g/mol. The highest BCUT2D eigenvalue weighted by atomic mass is 32.2. The fraction of sp³-hybridized carbons (Fsp3) is 0.636. The lowest BCUT2D eigenvalue weighted by molar-refractivity contribution is 0.522. The third-order valence-electron chi connectivity index (χ3n) is 1.92. The van der Waals surface area contributed by atoms with Crippen LogP contribution in [-0.2, 0) is 0 Å². The third kappa shape index (κ3) is 4.97. The van der Waals surface area contributed by atoms with Crippen LogP contribution in [0.5, 0.6) is 0 Å². The number of thioether (sulfide) groups is 1. The zero-order valence-electron chi connectivity index (χ0n) is 9.86. The summed E-state index contributed by atoms with van der Waals surface area (Å²) < 4.78 is 1.10. The van der Waals surface area contributed by atoms with Gasteiger partial charge in [-0.25, -0.2) is 4.98 Å². The van der Waals surface area contributed by atoms with E-state index in [4.69, 9.17) is 5.26 Å². The van der Waals surface area contributed by atoms with Crippen molar-refractivity contribution >= 4 is 23.1 Å². The van der Waals surface area contributed by atoms with Crippen LogP contribution in [-0.4, -0.2) is 22.8 Å². The van der Waals surface area contributed by atoms with E-state index in [0.717, 1.165) is 22.2 Å². The molecule has 0 aliphatic rings. The van der Waals surface area contributed by atoms with Gasteiger partial charge in [-0.15, -0.1) is 11.3 Å². The molecule has 1 rings (SSSR count). The molecule has 1 aromatic heterocycles. The Balaban J connectivity index is 2.26. The Morgan fingerprint density at radius 1 is 1.62 bits per heavy atom. The van der Waals surface area contributed by atoms with E-state index < -0.39 is 0 Å². The number of hydrogen-bond acceptors (Lipinski definition) is 5. The molecule has 0 radical (unpaired) electrons. The molecule has 0 aliphatic carbocycles. The van der Waals surface area contributed by atoms with E-state index >= 15 is 0 Å². The van der Waals surface area contributed by atoms with Crippen molar-refractivity contribution in [3.05, 3.63) is 11.1 Å². The minimum atomic E-state index is -0.0476. The first kappa shape index (κ1) is 13.5. The molecule has 1 aromatic rings. The van der Waals surface area contributed by atoms with Gasteiger partial charge in [0.1, 0.15) is 4.34 Å². The van der Waals surface area contributed by atoms with Crippen LogP contribution in [0.2, 0.25) is 0 Å². The molecule has 0 bridgehead atoms. The molecule has 5 heteroatoms. The second kappa shape index (κ2) is 6.89. The van der Waals surface area contributed by atoms with E-state index in [1.165, 1.54) is 0 Å². The molecular formula is C11H17N3S2. The van der Waals surface area contributed by atoms with Crippen LogP contribution in [0.15, 0.2) is 9.72 Å². The van der Waals surface area contributed by atoms with Gasteiger partial charge in [-0.3, -0.25) is 5.32 Å². The van der Waals surface area contributed by atoms with Gasteiger partial charge in [0, 0.05) is 22.9 Å². The van der Waals surface area contributed by atoms with Gasteiger partial charge in [0.25, 0.3) is 0 Å². The highest BCUT2D eigenvalue weighted by molar-refractivity contribution is 8.01. The SMILES string of the molecule is Cc1csc(SCCC(C#N)NC(C)C)n1. The number of hydrogen-bond donors (Lipinski definition) is 1. The lowest BCUT2D eigenvalue weighted by Gasteiger charge is -2.13. The molecule has 1 heterocycles. The number of thiazole rings is 1. The van der Waals surface area contributed by atoms with Crippen molar-refractivity contribution in [1.29, 1.82) is 5.26 Å². The summed E-state index contributed by atoms with van der Waals surface area (Å²) >= 11 is 3.40. The first-order valence-corrected chi connectivity index (χ1v) is 7.19. The Morgan fingerprint density at radius 3 is 2.88 bits per heavy atom. The van der Waals surface area contributed by atoms with E-state index in [2.05, 4.69) is 35.6 Å². The van der Waals surface area contributed by atoms with Crippen molar-refractivity contribution < 1.29 is 0 Å². The summed E-state index contributed by atoms with van der Waals surface area (Å²) in [6.07, 6.45) is 0.859. The minimum absolute atomic E-state index is 0.0476. The third-order valence-corrected chi connectivity index (χ3v) is 4.09. The van der Waals surface area contributed by atoms with Crippen LogP contribution in [0.4, 0.5) is 0 Å². The molecule has 0 aromatic carbocycles. The Kier molecular flexibility index (Phi) is 5.81. The van der Waals surface area contributed by atoms with E-state index in [1.807, 2.05) is 6.92 Å². The molecule has 16 heavy (non-hydrogen) atoms. The summed E-state index contributed by atoms with van der Waals surface area (Å²) in [5.41, 5.74) is 1.07. The predicted octanol–water partition coefficient (Wildman–Crippen LogP) is 2.82. The van der Waals surface area contributed by atoms with Gasteiger partial charge in [-0.1, -0.05) is 11.8 Å². The van der Waals surface area contributed by atoms with Gasteiger partial charge in [0.2, 0.25) is 0 Å². The maximum atomic E-state index is 8.94. The Hall–Kier alpha value is -0.570. The van der Waals surface area contributed by atoms with Gasteiger partial charge < -0.3 is 0 Å². The first-order chi connectivity index (χ1) is 7.61. The summed E-state index contributed by atoms with van der Waals surface area (Å²) in [4.78, 5) is 4.37. The van der Waals surface area contributed by atoms with Crippen LogP contribution < -0.4 is 5.32 Å². The predicted molar refractivity (Wildman–Crippen MR) is 69.9 cm³/mol. The highest BCUT2D eigenvalue weighted by Crippen LogP contribution is 2.23. The molecule has 0 fully saturated rings. The molecule has 0 saturated carbocycles. The lowest BCUT2D eigenvalue weighted by atomic mass is 10.2. The Bertz CT molecular complexity index is 354. The van der Waals surface area contributed by atoms with Crippen LogP contribution in [0.3, 0.4) is 0 Å². The number of aryl methyl sites for hydroxylation is 1. The smallest absolute Gasteiger partial charge is 0.150 e. The molecule has 1 unspecified atom stereocenters. The largest absolute Gasteiger partial charge is 0.300 e. The van der Waals surface area contributed by atoms with Crippen molar-refractivity contribution in [2.24, 2.45) is 0 Å². The van der Waals surface area contributed by atoms with Crippen molar-refractivity contribution in [3.8, 4) is 6.07 Å². The standard InChI is InChI=1S/C11H17N3S2/c1-8(2)13-10(6-12)4-5-15-11-14-9(3)7-16-11/h7-8,10,13H,4-5H2,1-3H3. The van der Waals surface area contributed by atoms with Gasteiger partial charge in [0.05, 0.1) is 12.1 Å². The van der Waals surface area contributed by atoms with E-state index in [9.17, 15) is 0 Å². The average molecular weight is 255 g/mol. The molecule has 1 N–H and O–H groups in total. The summed E-state index contributed by atoms with van der Waals surface area (Å²) in [6, 6.07) is 2.59. The highest BCUT2D eigenvalue weighted by Gasteiger charge is 2.08. The van der Waals surface area contributed by atoms with Gasteiger partial charge in [-0.05, 0) is 27.2 Å². The van der Waals surface area contributed by atoms with Crippen molar-refractivity contribution in [2.75, 3.05) is 5.75 Å². The van der Waals surface area contributed by atoms with Crippen LogP contribution >= 0.6 is 23.1 Å². The fourth-order valence-corrected chi connectivity index (χ4v) is 3.17. The molecule has 0 amide bonds. The molecule has 0 saturated heterocycles. The summed E-state index contributed by atoms with van der Waals surface area (Å²) in [5.74, 6) is 0.935. The van der Waals surface area contributed by atoms with Crippen molar-refractivity contribution in [1.82, 2.24) is 10.3 Å². The maximum absolute atomic E-state index is 8.94. The Labute approximate surface area is 105 Å². The quantitative estimate of drug-likeness (QED) is 0.794. The molecule has 0 spiro atoms. The second-order valence-electron chi connectivity index (χ2n) is 3.89. The molecule has 0 aliphatic heterocycles. The Morgan fingerprint density at radius 2 is 2.38 bits per heavy atom. The minimum Gasteiger partial charge on any atom is -0.300 e. The van der Waals surface area contributed by atoms with Gasteiger partial charge >= 0.3 is 0 Å². The van der Waals surface area contributed by atoms with E-state index in [1.54, 1.807) is 23.1 Å². The summed E-state index contributed by atoms with van der Waals surface area (Å²) in [7, 11) is 0. The topological polar surface area (TPSA) is 48.7 Å². The first-order valence-electron chi connectivity index (χ1n) is 5.32. The second-order valence-corrected chi connectivity index (χ2v) is 6.10. The average Bonchev–Trinajstić information content (AvgIpc) is 2.62. The molecule has 88 valence electrons. The number of nitrogens with one attached hydrogen (secondary N) is 1. The van der Waals surface area contributed by atoms with E-state index in [-0.39, 0.29) is 6.04 Å². The van der Waals surface area contributed by atoms with Crippen molar-refractivity contribution in [2.45, 2.75) is 43.6 Å². The zero-order valence-corrected chi connectivity index (χ0v) is 11.5. The number of nitriles is 1. The summed E-state index contributed by atoms with van der Waals surface area (Å²) in [6.45, 7) is 6.11. The molecular weight excluding hydrogens is 238 g/mol. The molecule has 3 nitrogen and oxygen atoms in total. The summed E-state index contributed by atoms with van der Waals surface area (Å²) in [5, 5.41) is 14.2. The van der Waals surface area contributed by atoms with Gasteiger partial charge in [0.15, 0.2) is 0 Å². The normalized spacial score (nSPS) is 12.7. The van der Waals surface area contributed by atoms with Crippen LogP contribution in [0.25, 0.3) is 0 Å². The number of rotatable bonds is 6. The number of aromatic nitrogens is 1. The van der Waals surface area contributed by atoms with Crippen LogP contribution in [0.1, 0.15) is 26.0 Å². The fourth-order valence-electron chi connectivity index (χ4n) is 1.25. The zero-order chi connectivity index (χ0) is 12.0. The van der Waals surface area contributed by atoms with Gasteiger partial charge in [-0.2, -0.15) is 5.26 Å². The van der Waals surface area contributed by atoms with Crippen molar-refractivity contribution in [3.63, 3.8) is 0 Å².